The van der Waals surface area contributed by atoms with E-state index in [-0.39, 0.29) is 0 Å². The smallest absolute Gasteiger partial charge is 0.179 e. The summed E-state index contributed by atoms with van der Waals surface area (Å²) >= 11 is 2.95. The molecule has 0 saturated carbocycles. The van der Waals surface area contributed by atoms with E-state index in [1.807, 2.05) is 30.3 Å². The lowest BCUT2D eigenvalue weighted by Gasteiger charge is -2.00. The highest BCUT2D eigenvalue weighted by Crippen LogP contribution is 2.24. The van der Waals surface area contributed by atoms with Crippen LogP contribution >= 0.6 is 16.3 Å². The van der Waals surface area contributed by atoms with E-state index in [0.29, 0.717) is 0 Å². The zero-order valence-electron chi connectivity index (χ0n) is 6.20. The highest BCUT2D eigenvalue weighted by atomic mass is 79.9. The molecule has 0 saturated heterocycles. The fraction of sp³-hybridized carbons (Fsp3) is 0. The third-order valence-electron chi connectivity index (χ3n) is 1.69. The molecule has 2 nitrogen and oxygen atoms in total. The Balaban J connectivity index is 2.79. The van der Waals surface area contributed by atoms with Gasteiger partial charge in [-0.1, -0.05) is 6.07 Å². The van der Waals surface area contributed by atoms with Crippen molar-refractivity contribution in [2.75, 3.05) is 0 Å². The molecule has 0 atom stereocenters. The van der Waals surface area contributed by atoms with Gasteiger partial charge in [-0.25, -0.2) is 0 Å². The van der Waals surface area contributed by atoms with Gasteiger partial charge < -0.3 is 3.83 Å². The maximum atomic E-state index is 5.00. The summed E-state index contributed by atoms with van der Waals surface area (Å²) in [4.78, 5) is 4.19. The van der Waals surface area contributed by atoms with Crippen molar-refractivity contribution in [3.05, 3.63) is 36.5 Å². The Kier molecular flexibility index (Phi) is 1.96. The first-order chi connectivity index (χ1) is 5.92. The first-order valence-corrected chi connectivity index (χ1v) is 4.19. The molecule has 60 valence electrons. The maximum absolute atomic E-state index is 5.00. The van der Waals surface area contributed by atoms with Crippen LogP contribution in [0.3, 0.4) is 0 Å². The zero-order chi connectivity index (χ0) is 8.39. The molecule has 0 unspecified atom stereocenters. The van der Waals surface area contributed by atoms with Crippen molar-refractivity contribution in [2.24, 2.45) is 0 Å². The maximum Gasteiger partial charge on any atom is 0.179 e. The highest BCUT2D eigenvalue weighted by molar-refractivity contribution is 9.06. The monoisotopic (exact) mass is 223 g/mol. The lowest BCUT2D eigenvalue weighted by molar-refractivity contribution is 0.687. The van der Waals surface area contributed by atoms with E-state index < -0.39 is 0 Å². The fourth-order valence-corrected chi connectivity index (χ4v) is 1.42. The van der Waals surface area contributed by atoms with E-state index in [2.05, 4.69) is 21.2 Å². The molecule has 2 aromatic rings. The summed E-state index contributed by atoms with van der Waals surface area (Å²) in [5.41, 5.74) is 0.939. The first-order valence-electron chi connectivity index (χ1n) is 3.54. The van der Waals surface area contributed by atoms with E-state index in [9.17, 15) is 0 Å². The summed E-state index contributed by atoms with van der Waals surface area (Å²) in [7, 11) is 0. The average Bonchev–Trinajstić information content (AvgIpc) is 2.17. The normalized spacial score (nSPS) is 10.1. The second-order valence-corrected chi connectivity index (χ2v) is 2.73. The summed E-state index contributed by atoms with van der Waals surface area (Å²) in [6, 6.07) is 9.60. The van der Waals surface area contributed by atoms with E-state index in [4.69, 9.17) is 3.83 Å². The fourth-order valence-electron chi connectivity index (χ4n) is 1.14. The summed E-state index contributed by atoms with van der Waals surface area (Å²) in [6.07, 6.45) is 1.76. The van der Waals surface area contributed by atoms with Crippen LogP contribution in [0.5, 0.6) is 5.75 Å². The number of benzene rings is 1. The van der Waals surface area contributed by atoms with Gasteiger partial charge in [-0.2, -0.15) is 0 Å². The van der Waals surface area contributed by atoms with Crippen LogP contribution < -0.4 is 3.83 Å². The van der Waals surface area contributed by atoms with E-state index in [1.165, 1.54) is 0 Å². The molecule has 2 rings (SSSR count). The second kappa shape index (κ2) is 3.11. The topological polar surface area (TPSA) is 22.1 Å². The van der Waals surface area contributed by atoms with Crippen molar-refractivity contribution < 1.29 is 3.83 Å². The molecule has 1 aromatic heterocycles. The summed E-state index contributed by atoms with van der Waals surface area (Å²) < 4.78 is 5.00. The third-order valence-corrected chi connectivity index (χ3v) is 2.04. The van der Waals surface area contributed by atoms with Crippen LogP contribution in [-0.2, 0) is 0 Å². The van der Waals surface area contributed by atoms with E-state index in [1.54, 1.807) is 6.20 Å². The number of hydrogen-bond donors (Lipinski definition) is 0. The number of halogens is 1. The van der Waals surface area contributed by atoms with Gasteiger partial charge in [0.25, 0.3) is 0 Å². The van der Waals surface area contributed by atoms with Gasteiger partial charge in [0.1, 0.15) is 5.75 Å². The van der Waals surface area contributed by atoms with Crippen molar-refractivity contribution >= 4 is 27.2 Å². The lowest BCUT2D eigenvalue weighted by Crippen LogP contribution is -1.80. The summed E-state index contributed by atoms with van der Waals surface area (Å²) in [5, 5.41) is 1.01. The number of nitrogens with zero attached hydrogens (tertiary/aromatic N) is 1. The highest BCUT2D eigenvalue weighted by Gasteiger charge is 1.99. The van der Waals surface area contributed by atoms with Crippen LogP contribution in [-0.4, -0.2) is 4.98 Å². The molecule has 1 heterocycles. The SMILES string of the molecule is BrOc1cccc2ncccc12. The van der Waals surface area contributed by atoms with Crippen LogP contribution in [0.15, 0.2) is 36.5 Å². The van der Waals surface area contributed by atoms with Gasteiger partial charge in [-0.3, -0.25) is 4.98 Å². The van der Waals surface area contributed by atoms with Gasteiger partial charge in [0.2, 0.25) is 0 Å². The van der Waals surface area contributed by atoms with Gasteiger partial charge in [0.15, 0.2) is 16.3 Å². The predicted octanol–water partition coefficient (Wildman–Crippen LogP) is 2.92. The largest absolute Gasteiger partial charge is 0.417 e. The number of aromatic nitrogens is 1. The molecule has 0 N–H and O–H groups in total. The Hall–Kier alpha value is -1.09. The van der Waals surface area contributed by atoms with Crippen LogP contribution in [0.2, 0.25) is 0 Å². The first kappa shape index (κ1) is 7.55. The van der Waals surface area contributed by atoms with E-state index in [0.717, 1.165) is 16.7 Å². The van der Waals surface area contributed by atoms with Gasteiger partial charge in [0.05, 0.1) is 5.52 Å². The molecule has 0 bridgehead atoms. The molecule has 0 aliphatic rings. The quantitative estimate of drug-likeness (QED) is 0.742. The molecule has 0 amide bonds. The molecule has 0 spiro atoms. The molecule has 0 fully saturated rings. The van der Waals surface area contributed by atoms with Gasteiger partial charge in [-0.05, 0) is 24.3 Å². The third kappa shape index (κ3) is 1.16. The number of fused-ring (bicyclic) bond motifs is 1. The van der Waals surface area contributed by atoms with Crippen LogP contribution in [0.1, 0.15) is 0 Å². The van der Waals surface area contributed by atoms with Crippen LogP contribution in [0.25, 0.3) is 10.9 Å². The Morgan fingerprint density at radius 2 is 2.08 bits per heavy atom. The molecular weight excluding hydrogens is 218 g/mol. The number of rotatable bonds is 1. The molecule has 12 heavy (non-hydrogen) atoms. The molecule has 1 aromatic carbocycles. The minimum atomic E-state index is 0.792. The van der Waals surface area contributed by atoms with Gasteiger partial charge in [-0.15, -0.1) is 0 Å². The molecule has 0 aliphatic carbocycles. The Labute approximate surface area is 78.6 Å². The van der Waals surface area contributed by atoms with Crippen molar-refractivity contribution in [3.63, 3.8) is 0 Å². The number of pyridine rings is 1. The van der Waals surface area contributed by atoms with Crippen LogP contribution in [0.4, 0.5) is 0 Å². The summed E-state index contributed by atoms with van der Waals surface area (Å²) in [6.45, 7) is 0. The standard InChI is InChI=1S/C9H6BrNO/c10-12-9-5-1-4-8-7(9)3-2-6-11-8/h1-6H. The van der Waals surface area contributed by atoms with Crippen molar-refractivity contribution in [1.82, 2.24) is 4.98 Å². The van der Waals surface area contributed by atoms with Gasteiger partial charge in [0, 0.05) is 11.6 Å². The minimum Gasteiger partial charge on any atom is -0.417 e. The predicted molar refractivity (Wildman–Crippen MR) is 51.3 cm³/mol. The summed E-state index contributed by atoms with van der Waals surface area (Å²) in [5.74, 6) is 0.792. The Bertz CT molecular complexity index is 397. The lowest BCUT2D eigenvalue weighted by atomic mass is 10.2. The van der Waals surface area contributed by atoms with Gasteiger partial charge >= 0.3 is 0 Å². The Morgan fingerprint density at radius 3 is 2.92 bits per heavy atom. The zero-order valence-corrected chi connectivity index (χ0v) is 7.78. The van der Waals surface area contributed by atoms with Crippen LogP contribution in [0, 0.1) is 0 Å². The minimum absolute atomic E-state index is 0.792. The Morgan fingerprint density at radius 1 is 1.17 bits per heavy atom. The molecule has 3 heteroatoms. The van der Waals surface area contributed by atoms with Crippen molar-refractivity contribution in [3.8, 4) is 5.75 Å². The van der Waals surface area contributed by atoms with E-state index >= 15 is 0 Å². The van der Waals surface area contributed by atoms with Crippen molar-refractivity contribution in [2.45, 2.75) is 0 Å². The average molecular weight is 224 g/mol. The molecular formula is C9H6BrNO. The number of hydrogen-bond acceptors (Lipinski definition) is 2. The second-order valence-electron chi connectivity index (χ2n) is 2.40. The molecule has 0 aliphatic heterocycles. The molecule has 0 radical (unpaired) electrons. The van der Waals surface area contributed by atoms with Crippen molar-refractivity contribution in [1.29, 1.82) is 0 Å².